The van der Waals surface area contributed by atoms with E-state index < -0.39 is 21.6 Å². The number of tetrazole rings is 1. The van der Waals surface area contributed by atoms with Gasteiger partial charge in [0.1, 0.15) is 11.5 Å². The van der Waals surface area contributed by atoms with Gasteiger partial charge in [0.15, 0.2) is 11.5 Å². The number of anilines is 1. The minimum Gasteiger partial charge on any atom is -0.321 e. The van der Waals surface area contributed by atoms with Gasteiger partial charge in [0.05, 0.1) is 5.52 Å². The Morgan fingerprint density at radius 3 is 2.69 bits per heavy atom. The van der Waals surface area contributed by atoms with Crippen LogP contribution in [-0.4, -0.2) is 50.2 Å². The van der Waals surface area contributed by atoms with Gasteiger partial charge in [0, 0.05) is 18.1 Å². The third-order valence-corrected chi connectivity index (χ3v) is 5.07. The van der Waals surface area contributed by atoms with Crippen molar-refractivity contribution in [3.8, 4) is 5.69 Å². The van der Waals surface area contributed by atoms with Crippen LogP contribution in [0.1, 0.15) is 16.3 Å². The van der Waals surface area contributed by atoms with E-state index >= 15 is 0 Å². The molecule has 0 fully saturated rings. The van der Waals surface area contributed by atoms with Crippen molar-refractivity contribution in [3.05, 3.63) is 59.9 Å². The highest BCUT2D eigenvalue weighted by molar-refractivity contribution is 7.90. The maximum Gasteiger partial charge on any atom is 0.276 e. The van der Waals surface area contributed by atoms with Crippen LogP contribution in [0.3, 0.4) is 0 Å². The number of rotatable bonds is 4. The smallest absolute Gasteiger partial charge is 0.276 e. The molecule has 0 unspecified atom stereocenters. The molecule has 0 saturated heterocycles. The lowest BCUT2D eigenvalue weighted by Crippen LogP contribution is -2.14. The lowest BCUT2D eigenvalue weighted by molar-refractivity contribution is 0.102. The number of hydrogen-bond acceptors (Lipinski definition) is 7. The van der Waals surface area contributed by atoms with Gasteiger partial charge in [0.2, 0.25) is 15.0 Å². The molecular formula is C17H14FN7O3S. The number of imidazole rings is 1. The van der Waals surface area contributed by atoms with Gasteiger partial charge in [-0.25, -0.2) is 17.8 Å². The molecule has 1 amide bonds. The van der Waals surface area contributed by atoms with Crippen molar-refractivity contribution >= 4 is 26.9 Å². The maximum absolute atomic E-state index is 14.2. The average Bonchev–Trinajstić information content (AvgIpc) is 3.27. The summed E-state index contributed by atoms with van der Waals surface area (Å²) in [6.45, 7) is 1.61. The highest BCUT2D eigenvalue weighted by Gasteiger charge is 2.23. The minimum absolute atomic E-state index is 0.0526. The molecule has 4 rings (SSSR count). The molecule has 0 aliphatic rings. The van der Waals surface area contributed by atoms with E-state index in [0.717, 1.165) is 6.26 Å². The number of benzene rings is 1. The van der Waals surface area contributed by atoms with E-state index in [1.165, 1.54) is 33.5 Å². The molecule has 12 heteroatoms. The first-order valence-corrected chi connectivity index (χ1v) is 10.2. The summed E-state index contributed by atoms with van der Waals surface area (Å²) in [6.07, 6.45) is 2.52. The van der Waals surface area contributed by atoms with Crippen molar-refractivity contribution in [2.45, 2.75) is 12.1 Å². The van der Waals surface area contributed by atoms with Crippen molar-refractivity contribution in [3.63, 3.8) is 0 Å². The summed E-state index contributed by atoms with van der Waals surface area (Å²) in [7, 11) is -3.66. The van der Waals surface area contributed by atoms with E-state index in [9.17, 15) is 17.6 Å². The van der Waals surface area contributed by atoms with Crippen LogP contribution in [0.25, 0.3) is 11.2 Å². The van der Waals surface area contributed by atoms with E-state index in [4.69, 9.17) is 0 Å². The van der Waals surface area contributed by atoms with Crippen LogP contribution in [0.4, 0.5) is 10.1 Å². The van der Waals surface area contributed by atoms with Crippen molar-refractivity contribution in [2.75, 3.05) is 11.6 Å². The zero-order valence-corrected chi connectivity index (χ0v) is 16.1. The second-order valence-corrected chi connectivity index (χ2v) is 8.14. The Bertz CT molecular complexity index is 1360. The fourth-order valence-corrected chi connectivity index (χ4v) is 3.61. The Labute approximate surface area is 163 Å². The number of fused-ring (bicyclic) bond motifs is 1. The summed E-state index contributed by atoms with van der Waals surface area (Å²) in [5, 5.41) is 13.3. The molecule has 0 atom stereocenters. The number of pyridine rings is 1. The fraction of sp³-hybridized carbons (Fsp3) is 0.118. The molecule has 148 valence electrons. The normalized spacial score (nSPS) is 11.7. The average molecular weight is 415 g/mol. The Morgan fingerprint density at radius 2 is 2.00 bits per heavy atom. The second-order valence-electron chi connectivity index (χ2n) is 6.23. The van der Waals surface area contributed by atoms with E-state index in [0.29, 0.717) is 11.3 Å². The first-order valence-electron chi connectivity index (χ1n) is 8.29. The van der Waals surface area contributed by atoms with Gasteiger partial charge in [-0.15, -0.1) is 5.10 Å². The van der Waals surface area contributed by atoms with Gasteiger partial charge in [-0.1, -0.05) is 6.07 Å². The zero-order valence-electron chi connectivity index (χ0n) is 15.2. The Kier molecular flexibility index (Phi) is 4.34. The first-order chi connectivity index (χ1) is 13.8. The van der Waals surface area contributed by atoms with Crippen molar-refractivity contribution < 1.29 is 17.6 Å². The number of nitrogens with zero attached hydrogens (tertiary/aromatic N) is 6. The number of carbonyl (C=O) groups excluding carboxylic acids is 1. The number of carbonyl (C=O) groups is 1. The van der Waals surface area contributed by atoms with Gasteiger partial charge in [0.25, 0.3) is 5.91 Å². The number of halogens is 1. The third kappa shape index (κ3) is 3.33. The van der Waals surface area contributed by atoms with Gasteiger partial charge < -0.3 is 5.32 Å². The van der Waals surface area contributed by atoms with Gasteiger partial charge in [-0.05, 0) is 47.7 Å². The van der Waals surface area contributed by atoms with Crippen LogP contribution < -0.4 is 5.32 Å². The van der Waals surface area contributed by atoms with Gasteiger partial charge in [-0.2, -0.15) is 4.68 Å². The molecule has 10 nitrogen and oxygen atoms in total. The molecule has 4 aromatic rings. The fourth-order valence-electron chi connectivity index (χ4n) is 2.84. The summed E-state index contributed by atoms with van der Waals surface area (Å²) in [4.78, 5) is 16.8. The van der Waals surface area contributed by atoms with Crippen molar-refractivity contribution in [1.29, 1.82) is 0 Å². The largest absolute Gasteiger partial charge is 0.321 e. The highest BCUT2D eigenvalue weighted by Crippen LogP contribution is 2.21. The number of aryl methyl sites for hydroxylation is 1. The zero-order chi connectivity index (χ0) is 20.8. The molecule has 0 saturated carbocycles. The van der Waals surface area contributed by atoms with Gasteiger partial charge >= 0.3 is 0 Å². The molecule has 0 radical (unpaired) electrons. The minimum atomic E-state index is -3.66. The van der Waals surface area contributed by atoms with E-state index in [-0.39, 0.29) is 22.2 Å². The molecule has 0 bridgehead atoms. The number of nitrogens with one attached hydrogen (secondary N) is 1. The van der Waals surface area contributed by atoms with E-state index in [2.05, 4.69) is 25.8 Å². The SMILES string of the molecule is Cc1nnnn1-c1cc(NC(=O)c2nc(S(C)(=O)=O)n3ccccc23)ccc1F. The summed E-state index contributed by atoms with van der Waals surface area (Å²) in [5.74, 6) is -0.856. The van der Waals surface area contributed by atoms with E-state index in [1.807, 2.05) is 0 Å². The molecule has 0 spiro atoms. The predicted octanol–water partition coefficient (Wildman–Crippen LogP) is 1.41. The summed E-state index contributed by atoms with van der Waals surface area (Å²) in [6, 6.07) is 8.77. The number of amides is 1. The van der Waals surface area contributed by atoms with Crippen molar-refractivity contribution in [1.82, 2.24) is 29.6 Å². The molecule has 0 aliphatic heterocycles. The standard InChI is InChI=1S/C17H14FN7O3S/c1-10-21-22-23-25(10)14-9-11(6-7-12(14)18)19-16(26)15-13-5-3-4-8-24(13)17(20-15)29(2,27)28/h3-9H,1-2H3,(H,19,26). The predicted molar refractivity (Wildman–Crippen MR) is 100 cm³/mol. The quantitative estimate of drug-likeness (QED) is 0.534. The van der Waals surface area contributed by atoms with Crippen LogP contribution in [0, 0.1) is 12.7 Å². The first kappa shape index (κ1) is 18.7. The lowest BCUT2D eigenvalue weighted by atomic mass is 10.2. The molecule has 0 aliphatic carbocycles. The number of sulfone groups is 1. The maximum atomic E-state index is 14.2. The third-order valence-electron chi connectivity index (χ3n) is 4.12. The Morgan fingerprint density at radius 1 is 1.21 bits per heavy atom. The van der Waals surface area contributed by atoms with Crippen molar-refractivity contribution in [2.24, 2.45) is 0 Å². The molecule has 3 aromatic heterocycles. The monoisotopic (exact) mass is 415 g/mol. The van der Waals surface area contributed by atoms with Crippen LogP contribution in [0.5, 0.6) is 0 Å². The topological polar surface area (TPSA) is 124 Å². The molecular weight excluding hydrogens is 401 g/mol. The Balaban J connectivity index is 1.74. The number of aromatic nitrogens is 6. The summed E-state index contributed by atoms with van der Waals surface area (Å²) >= 11 is 0. The van der Waals surface area contributed by atoms with Crippen LogP contribution in [-0.2, 0) is 9.84 Å². The molecule has 3 heterocycles. The Hall–Kier alpha value is -3.67. The molecule has 29 heavy (non-hydrogen) atoms. The number of hydrogen-bond donors (Lipinski definition) is 1. The summed E-state index contributed by atoms with van der Waals surface area (Å²) in [5.41, 5.74) is 0.565. The van der Waals surface area contributed by atoms with E-state index in [1.54, 1.807) is 25.1 Å². The summed E-state index contributed by atoms with van der Waals surface area (Å²) < 4.78 is 40.7. The van der Waals surface area contributed by atoms with Gasteiger partial charge in [-0.3, -0.25) is 9.20 Å². The second kappa shape index (κ2) is 6.74. The van der Waals surface area contributed by atoms with Crippen LogP contribution in [0.15, 0.2) is 47.8 Å². The van der Waals surface area contributed by atoms with Crippen LogP contribution in [0.2, 0.25) is 0 Å². The molecule has 1 aromatic carbocycles. The lowest BCUT2D eigenvalue weighted by Gasteiger charge is -2.08. The molecule has 1 N–H and O–H groups in total. The van der Waals surface area contributed by atoms with Crippen LogP contribution >= 0.6 is 0 Å². The highest BCUT2D eigenvalue weighted by atomic mass is 32.2.